The molecule has 0 heterocycles. The van der Waals surface area contributed by atoms with Crippen LogP contribution in [0.15, 0.2) is 41.5 Å². The Kier molecular flexibility index (Phi) is 6.91. The first kappa shape index (κ1) is 18.9. The normalized spacial score (nSPS) is 10.6. The van der Waals surface area contributed by atoms with E-state index >= 15 is 0 Å². The zero-order chi connectivity index (χ0) is 18.2. The van der Waals surface area contributed by atoms with Crippen LogP contribution in [0.4, 0.5) is 4.79 Å². The highest BCUT2D eigenvalue weighted by Crippen LogP contribution is 2.29. The summed E-state index contributed by atoms with van der Waals surface area (Å²) in [6, 6.07) is 10.4. The summed E-state index contributed by atoms with van der Waals surface area (Å²) in [6.07, 6.45) is 0.808. The van der Waals surface area contributed by atoms with Gasteiger partial charge < -0.3 is 14.2 Å². The minimum absolute atomic E-state index is 0.268. The third kappa shape index (κ3) is 5.55. The summed E-state index contributed by atoms with van der Waals surface area (Å²) in [7, 11) is 2.79. The fraction of sp³-hybridized carbons (Fsp3) is 0.176. The van der Waals surface area contributed by atoms with E-state index in [1.807, 2.05) is 0 Å². The van der Waals surface area contributed by atoms with Crippen molar-refractivity contribution in [2.24, 2.45) is 5.10 Å². The average molecular weight is 383 g/mol. The lowest BCUT2D eigenvalue weighted by Crippen LogP contribution is -2.16. The lowest BCUT2D eigenvalue weighted by atomic mass is 10.2. The van der Waals surface area contributed by atoms with Crippen LogP contribution in [0.25, 0.3) is 0 Å². The third-order valence-electron chi connectivity index (χ3n) is 3.14. The van der Waals surface area contributed by atoms with Crippen molar-refractivity contribution in [3.8, 4) is 11.5 Å². The molecule has 1 N–H and O–H groups in total. The molecule has 2 aromatic carbocycles. The predicted molar refractivity (Wildman–Crippen MR) is 96.9 cm³/mol. The number of amides is 1. The minimum Gasteiger partial charge on any atom is -0.493 e. The minimum atomic E-state index is -0.650. The first-order valence-corrected chi connectivity index (χ1v) is 7.91. The van der Waals surface area contributed by atoms with Crippen molar-refractivity contribution in [2.75, 3.05) is 14.2 Å². The Balaban J connectivity index is 2.07. The number of hydrazone groups is 1. The first-order chi connectivity index (χ1) is 12.0. The monoisotopic (exact) mass is 382 g/mol. The number of ether oxygens (including phenoxy) is 3. The number of rotatable bonds is 6. The molecule has 0 aliphatic carbocycles. The van der Waals surface area contributed by atoms with Crippen LogP contribution < -0.4 is 14.9 Å². The number of benzene rings is 2. The highest BCUT2D eigenvalue weighted by Gasteiger charge is 2.08. The zero-order valence-electron chi connectivity index (χ0n) is 13.6. The van der Waals surface area contributed by atoms with Crippen molar-refractivity contribution in [3.05, 3.63) is 57.6 Å². The van der Waals surface area contributed by atoms with Gasteiger partial charge in [-0.3, -0.25) is 0 Å². The van der Waals surface area contributed by atoms with Crippen molar-refractivity contribution in [1.82, 2.24) is 5.43 Å². The van der Waals surface area contributed by atoms with Gasteiger partial charge in [-0.2, -0.15) is 5.10 Å². The topological polar surface area (TPSA) is 69.2 Å². The molecule has 2 aromatic rings. The Morgan fingerprint density at radius 2 is 1.96 bits per heavy atom. The molecule has 1 amide bonds. The quantitative estimate of drug-likeness (QED) is 0.598. The van der Waals surface area contributed by atoms with Gasteiger partial charge in [-0.25, -0.2) is 10.2 Å². The Morgan fingerprint density at radius 3 is 2.64 bits per heavy atom. The van der Waals surface area contributed by atoms with E-state index in [-0.39, 0.29) is 6.61 Å². The molecule has 0 fully saturated rings. The van der Waals surface area contributed by atoms with Crippen LogP contribution in [0.3, 0.4) is 0 Å². The standard InChI is InChI=1S/C17H16Cl2N2O4/c1-23-16-7-11(9-20-21-17(22)24-2)3-6-15(16)25-10-12-4-5-13(18)8-14(12)19/h3-9H,10H2,1-2H3,(H,21,22)/b20-9-. The van der Waals surface area contributed by atoms with Crippen LogP contribution in [0.2, 0.25) is 10.0 Å². The summed E-state index contributed by atoms with van der Waals surface area (Å²) in [4.78, 5) is 10.9. The fourth-order valence-corrected chi connectivity index (χ4v) is 2.35. The molecular formula is C17H16Cl2N2O4. The van der Waals surface area contributed by atoms with Gasteiger partial charge in [-0.05, 0) is 35.9 Å². The molecule has 132 valence electrons. The maximum absolute atomic E-state index is 10.9. The highest BCUT2D eigenvalue weighted by atomic mass is 35.5. The zero-order valence-corrected chi connectivity index (χ0v) is 15.1. The lowest BCUT2D eigenvalue weighted by molar-refractivity contribution is 0.171. The number of halogens is 2. The summed E-state index contributed by atoms with van der Waals surface area (Å²) >= 11 is 12.0. The number of nitrogens with one attached hydrogen (secondary N) is 1. The van der Waals surface area contributed by atoms with E-state index in [1.165, 1.54) is 20.4 Å². The van der Waals surface area contributed by atoms with Gasteiger partial charge in [-0.1, -0.05) is 29.3 Å². The lowest BCUT2D eigenvalue weighted by Gasteiger charge is -2.12. The molecule has 6 nitrogen and oxygen atoms in total. The molecule has 0 saturated heterocycles. The van der Waals surface area contributed by atoms with Gasteiger partial charge in [0.05, 0.1) is 20.4 Å². The number of hydrogen-bond acceptors (Lipinski definition) is 5. The molecule has 0 spiro atoms. The summed E-state index contributed by atoms with van der Waals surface area (Å²) < 4.78 is 15.5. The van der Waals surface area contributed by atoms with Crippen molar-refractivity contribution >= 4 is 35.5 Å². The second kappa shape index (κ2) is 9.15. The summed E-state index contributed by atoms with van der Waals surface area (Å²) in [6.45, 7) is 0.268. The molecule has 0 aliphatic rings. The molecule has 0 aliphatic heterocycles. The largest absolute Gasteiger partial charge is 0.493 e. The van der Waals surface area contributed by atoms with E-state index in [0.717, 1.165) is 5.56 Å². The van der Waals surface area contributed by atoms with Gasteiger partial charge in [0.2, 0.25) is 0 Å². The Bertz CT molecular complexity index is 781. The van der Waals surface area contributed by atoms with Crippen molar-refractivity contribution in [1.29, 1.82) is 0 Å². The van der Waals surface area contributed by atoms with Crippen LogP contribution in [-0.4, -0.2) is 26.5 Å². The molecule has 0 aromatic heterocycles. The number of carbonyl (C=O) groups excluding carboxylic acids is 1. The van der Waals surface area contributed by atoms with E-state index in [1.54, 1.807) is 36.4 Å². The first-order valence-electron chi connectivity index (χ1n) is 7.15. The van der Waals surface area contributed by atoms with Gasteiger partial charge in [0.1, 0.15) is 6.61 Å². The second-order valence-electron chi connectivity index (χ2n) is 4.80. The van der Waals surface area contributed by atoms with Crippen LogP contribution in [0, 0.1) is 0 Å². The molecule has 0 bridgehead atoms. The molecule has 25 heavy (non-hydrogen) atoms. The Labute approximate surface area is 155 Å². The molecule has 8 heteroatoms. The van der Waals surface area contributed by atoms with Gasteiger partial charge in [0, 0.05) is 15.6 Å². The molecule has 2 rings (SSSR count). The van der Waals surface area contributed by atoms with Gasteiger partial charge >= 0.3 is 6.09 Å². The van der Waals surface area contributed by atoms with Gasteiger partial charge in [0.15, 0.2) is 11.5 Å². The molecule has 0 radical (unpaired) electrons. The van der Waals surface area contributed by atoms with Gasteiger partial charge in [-0.15, -0.1) is 0 Å². The van der Waals surface area contributed by atoms with Crippen LogP contribution in [0.5, 0.6) is 11.5 Å². The number of methoxy groups -OCH3 is 2. The van der Waals surface area contributed by atoms with E-state index < -0.39 is 6.09 Å². The number of carbonyl (C=O) groups is 1. The van der Waals surface area contributed by atoms with Crippen molar-refractivity contribution < 1.29 is 19.0 Å². The van der Waals surface area contributed by atoms with E-state index in [0.29, 0.717) is 27.1 Å². The molecular weight excluding hydrogens is 367 g/mol. The Hall–Kier alpha value is -2.44. The Morgan fingerprint density at radius 1 is 1.16 bits per heavy atom. The average Bonchev–Trinajstić information content (AvgIpc) is 2.61. The second-order valence-corrected chi connectivity index (χ2v) is 5.64. The molecule has 0 saturated carbocycles. The maximum atomic E-state index is 10.9. The van der Waals surface area contributed by atoms with Crippen molar-refractivity contribution in [2.45, 2.75) is 6.61 Å². The molecule has 0 unspecified atom stereocenters. The summed E-state index contributed by atoms with van der Waals surface area (Å²) in [5.41, 5.74) is 3.72. The SMILES string of the molecule is COC(=O)N/N=C\c1ccc(OCc2ccc(Cl)cc2Cl)c(OC)c1. The smallest absolute Gasteiger partial charge is 0.427 e. The number of hydrogen-bond donors (Lipinski definition) is 1. The third-order valence-corrected chi connectivity index (χ3v) is 3.73. The fourth-order valence-electron chi connectivity index (χ4n) is 1.88. The highest BCUT2D eigenvalue weighted by molar-refractivity contribution is 6.35. The van der Waals surface area contributed by atoms with Gasteiger partial charge in [0.25, 0.3) is 0 Å². The number of nitrogens with zero attached hydrogens (tertiary/aromatic N) is 1. The van der Waals surface area contributed by atoms with E-state index in [2.05, 4.69) is 15.3 Å². The maximum Gasteiger partial charge on any atom is 0.427 e. The van der Waals surface area contributed by atoms with E-state index in [9.17, 15) is 4.79 Å². The van der Waals surface area contributed by atoms with Crippen molar-refractivity contribution in [3.63, 3.8) is 0 Å². The predicted octanol–water partition coefficient (Wildman–Crippen LogP) is 4.27. The summed E-state index contributed by atoms with van der Waals surface area (Å²) in [5.74, 6) is 1.07. The van der Waals surface area contributed by atoms with E-state index in [4.69, 9.17) is 32.7 Å². The van der Waals surface area contributed by atoms with Crippen LogP contribution >= 0.6 is 23.2 Å². The van der Waals surface area contributed by atoms with Crippen LogP contribution in [0.1, 0.15) is 11.1 Å². The van der Waals surface area contributed by atoms with Crippen LogP contribution in [-0.2, 0) is 11.3 Å². The molecule has 0 atom stereocenters. The summed E-state index contributed by atoms with van der Waals surface area (Å²) in [5, 5.41) is 4.85.